The van der Waals surface area contributed by atoms with Gasteiger partial charge in [-0.15, -0.1) is 0 Å². The number of benzene rings is 3. The fourth-order valence-electron chi connectivity index (χ4n) is 2.93. The Morgan fingerprint density at radius 3 is 1.76 bits per heavy atom. The summed E-state index contributed by atoms with van der Waals surface area (Å²) in [4.78, 5) is 0. The summed E-state index contributed by atoms with van der Waals surface area (Å²) in [5.74, 6) is -12.4. The SMILES string of the molecule is CC/C(F)=C(\F)c1ccc(-c2cc(F)c(C(F)(F)Oc3cc(F)c(F)c(F)c3)c(F)c2)cc1. The number of hydrogen-bond acceptors (Lipinski definition) is 1. The Bertz CT molecular complexity index is 1170. The first-order valence-corrected chi connectivity index (χ1v) is 9.30. The van der Waals surface area contributed by atoms with Crippen LogP contribution in [-0.2, 0) is 6.11 Å². The third-order valence-electron chi connectivity index (χ3n) is 4.56. The van der Waals surface area contributed by atoms with Gasteiger partial charge in [-0.25, -0.2) is 30.7 Å². The minimum absolute atomic E-state index is 0.0903. The molecule has 0 unspecified atom stereocenters. The van der Waals surface area contributed by atoms with E-state index in [1.807, 2.05) is 0 Å². The van der Waals surface area contributed by atoms with Crippen molar-refractivity contribution in [3.63, 3.8) is 0 Å². The first kappa shape index (κ1) is 24.2. The van der Waals surface area contributed by atoms with Gasteiger partial charge in [-0.3, -0.25) is 0 Å². The van der Waals surface area contributed by atoms with Gasteiger partial charge in [-0.05, 0) is 29.7 Å². The standard InChI is InChI=1S/C23H13F9O/c1-2-15(24)21(29)12-5-3-11(4-6-12)13-7-16(25)20(17(26)8-13)23(31,32)33-14-9-18(27)22(30)19(28)10-14/h3-10H,2H2,1H3/b21-15+. The highest BCUT2D eigenvalue weighted by Crippen LogP contribution is 2.38. The van der Waals surface area contributed by atoms with Gasteiger partial charge < -0.3 is 4.74 Å². The predicted molar refractivity (Wildman–Crippen MR) is 102 cm³/mol. The lowest BCUT2D eigenvalue weighted by molar-refractivity contribution is -0.189. The molecule has 0 aliphatic rings. The fourth-order valence-corrected chi connectivity index (χ4v) is 2.93. The van der Waals surface area contributed by atoms with E-state index >= 15 is 0 Å². The first-order valence-electron chi connectivity index (χ1n) is 9.30. The van der Waals surface area contributed by atoms with Crippen molar-refractivity contribution in [3.05, 3.63) is 94.6 Å². The summed E-state index contributed by atoms with van der Waals surface area (Å²) < 4.78 is 128. The maximum Gasteiger partial charge on any atom is 0.432 e. The molecule has 10 heteroatoms. The average molecular weight is 476 g/mol. The highest BCUT2D eigenvalue weighted by molar-refractivity contribution is 5.69. The zero-order valence-corrected chi connectivity index (χ0v) is 16.6. The smallest absolute Gasteiger partial charge is 0.429 e. The van der Waals surface area contributed by atoms with Crippen molar-refractivity contribution < 1.29 is 44.3 Å². The molecular weight excluding hydrogens is 463 g/mol. The molecule has 33 heavy (non-hydrogen) atoms. The van der Waals surface area contributed by atoms with Gasteiger partial charge in [0.05, 0.1) is 0 Å². The minimum atomic E-state index is -4.72. The Balaban J connectivity index is 1.94. The maximum absolute atomic E-state index is 14.5. The maximum atomic E-state index is 14.5. The Morgan fingerprint density at radius 2 is 1.27 bits per heavy atom. The van der Waals surface area contributed by atoms with Gasteiger partial charge in [0.15, 0.2) is 23.3 Å². The van der Waals surface area contributed by atoms with Crippen molar-refractivity contribution in [1.82, 2.24) is 0 Å². The highest BCUT2D eigenvalue weighted by Gasteiger charge is 2.41. The van der Waals surface area contributed by atoms with Crippen LogP contribution in [0.1, 0.15) is 24.5 Å². The molecule has 174 valence electrons. The molecule has 0 amide bonds. The molecule has 0 atom stereocenters. The molecule has 3 aromatic carbocycles. The summed E-state index contributed by atoms with van der Waals surface area (Å²) in [6.45, 7) is 1.40. The molecule has 0 N–H and O–H groups in total. The van der Waals surface area contributed by atoms with Crippen molar-refractivity contribution >= 4 is 5.83 Å². The van der Waals surface area contributed by atoms with Crippen LogP contribution in [-0.4, -0.2) is 0 Å². The molecule has 1 nitrogen and oxygen atoms in total. The molecule has 0 heterocycles. The van der Waals surface area contributed by atoms with Gasteiger partial charge in [0.1, 0.15) is 28.8 Å². The van der Waals surface area contributed by atoms with Crippen LogP contribution < -0.4 is 4.74 Å². The summed E-state index contributed by atoms with van der Waals surface area (Å²) in [6, 6.07) is 5.93. The molecule has 0 saturated carbocycles. The van der Waals surface area contributed by atoms with Gasteiger partial charge in [0.25, 0.3) is 0 Å². The van der Waals surface area contributed by atoms with Crippen molar-refractivity contribution in [2.24, 2.45) is 0 Å². The van der Waals surface area contributed by atoms with E-state index < -0.39 is 58.2 Å². The second kappa shape index (κ2) is 9.21. The lowest BCUT2D eigenvalue weighted by atomic mass is 10.0. The number of ether oxygens (including phenoxy) is 1. The summed E-state index contributed by atoms with van der Waals surface area (Å²) in [5.41, 5.74) is -2.10. The van der Waals surface area contributed by atoms with Crippen LogP contribution >= 0.6 is 0 Å². The van der Waals surface area contributed by atoms with E-state index in [0.717, 1.165) is 12.1 Å². The molecule has 0 bridgehead atoms. The van der Waals surface area contributed by atoms with Crippen LogP contribution in [0.2, 0.25) is 0 Å². The van der Waals surface area contributed by atoms with Crippen molar-refractivity contribution in [3.8, 4) is 16.9 Å². The van der Waals surface area contributed by atoms with Gasteiger partial charge in [-0.2, -0.15) is 8.78 Å². The summed E-state index contributed by atoms with van der Waals surface area (Å²) >= 11 is 0. The van der Waals surface area contributed by atoms with E-state index in [1.165, 1.54) is 19.1 Å². The van der Waals surface area contributed by atoms with E-state index in [9.17, 15) is 39.5 Å². The fraction of sp³-hybridized carbons (Fsp3) is 0.130. The number of alkyl halides is 2. The third kappa shape index (κ3) is 4.99. The first-order chi connectivity index (χ1) is 15.4. The summed E-state index contributed by atoms with van der Waals surface area (Å²) in [5, 5.41) is 0. The number of hydrogen-bond donors (Lipinski definition) is 0. The van der Waals surface area contributed by atoms with Crippen LogP contribution in [0, 0.1) is 29.1 Å². The van der Waals surface area contributed by atoms with Gasteiger partial charge in [-0.1, -0.05) is 31.2 Å². The molecular formula is C23H13F9O. The topological polar surface area (TPSA) is 9.23 Å². The normalized spacial score (nSPS) is 12.5. The monoisotopic (exact) mass is 476 g/mol. The molecule has 0 aromatic heterocycles. The Labute approximate surface area is 181 Å². The molecule has 0 fully saturated rings. The van der Waals surface area contributed by atoms with Crippen LogP contribution in [0.3, 0.4) is 0 Å². The molecule has 0 aliphatic carbocycles. The molecule has 3 aromatic rings. The largest absolute Gasteiger partial charge is 0.432 e. The predicted octanol–water partition coefficient (Wildman–Crippen LogP) is 8.20. The molecule has 0 spiro atoms. The van der Waals surface area contributed by atoms with Crippen LogP contribution in [0.25, 0.3) is 17.0 Å². The molecule has 0 saturated heterocycles. The second-order valence-electron chi connectivity index (χ2n) is 6.78. The number of rotatable bonds is 6. The van der Waals surface area contributed by atoms with Gasteiger partial charge >= 0.3 is 6.11 Å². The Hall–Kier alpha value is -3.43. The van der Waals surface area contributed by atoms with Gasteiger partial charge in [0.2, 0.25) is 0 Å². The number of halogens is 9. The van der Waals surface area contributed by atoms with Crippen molar-refractivity contribution in [2.45, 2.75) is 19.5 Å². The average Bonchev–Trinajstić information content (AvgIpc) is 2.75. The Morgan fingerprint density at radius 1 is 0.758 bits per heavy atom. The highest BCUT2D eigenvalue weighted by atomic mass is 19.3. The zero-order valence-electron chi connectivity index (χ0n) is 16.6. The van der Waals surface area contributed by atoms with E-state index in [0.29, 0.717) is 12.1 Å². The molecule has 3 rings (SSSR count). The van der Waals surface area contributed by atoms with Crippen molar-refractivity contribution in [2.75, 3.05) is 0 Å². The van der Waals surface area contributed by atoms with Crippen LogP contribution in [0.4, 0.5) is 39.5 Å². The zero-order chi connectivity index (χ0) is 24.5. The van der Waals surface area contributed by atoms with E-state index in [2.05, 4.69) is 4.74 Å². The third-order valence-corrected chi connectivity index (χ3v) is 4.56. The van der Waals surface area contributed by atoms with E-state index in [-0.39, 0.29) is 35.2 Å². The van der Waals surface area contributed by atoms with E-state index in [1.54, 1.807) is 0 Å². The van der Waals surface area contributed by atoms with Crippen LogP contribution in [0.5, 0.6) is 5.75 Å². The quantitative estimate of drug-likeness (QED) is 0.257. The second-order valence-corrected chi connectivity index (χ2v) is 6.78. The van der Waals surface area contributed by atoms with Crippen LogP contribution in [0.15, 0.2) is 54.4 Å². The van der Waals surface area contributed by atoms with Crippen molar-refractivity contribution in [1.29, 1.82) is 0 Å². The summed E-state index contributed by atoms with van der Waals surface area (Å²) in [6.07, 6.45) is -4.90. The molecule has 0 aliphatic heterocycles. The lowest BCUT2D eigenvalue weighted by Gasteiger charge is -2.20. The van der Waals surface area contributed by atoms with E-state index in [4.69, 9.17) is 0 Å². The Kier molecular flexibility index (Phi) is 6.76. The lowest BCUT2D eigenvalue weighted by Crippen LogP contribution is -2.25. The number of allylic oxidation sites excluding steroid dienone is 1. The van der Waals surface area contributed by atoms with Gasteiger partial charge in [0, 0.05) is 17.7 Å². The minimum Gasteiger partial charge on any atom is -0.429 e. The molecule has 0 radical (unpaired) electrons. The summed E-state index contributed by atoms with van der Waals surface area (Å²) in [7, 11) is 0.